The summed E-state index contributed by atoms with van der Waals surface area (Å²) in [6.07, 6.45) is 6.98. The molecule has 0 saturated carbocycles. The molecule has 0 bridgehead atoms. The maximum absolute atomic E-state index is 13.3. The van der Waals surface area contributed by atoms with Crippen LogP contribution in [0, 0.1) is 5.82 Å². The lowest BCUT2D eigenvalue weighted by atomic mass is 10.1. The third kappa shape index (κ3) is 5.82. The van der Waals surface area contributed by atoms with E-state index in [0.29, 0.717) is 0 Å². The Balaban J connectivity index is 0.000000152. The summed E-state index contributed by atoms with van der Waals surface area (Å²) in [6, 6.07) is 30.5. The Hall–Kier alpha value is -4.97. The molecule has 6 heteroatoms. The van der Waals surface area contributed by atoms with Crippen molar-refractivity contribution < 1.29 is 9.13 Å². The SMILES string of the molecule is COc1ccc2c(Nc3ccncc3)cccc2c1.Fc1ccc2cccc(Nc3ccncc3)c2c1. The van der Waals surface area contributed by atoms with E-state index < -0.39 is 0 Å². The van der Waals surface area contributed by atoms with E-state index >= 15 is 0 Å². The molecule has 6 aromatic rings. The summed E-state index contributed by atoms with van der Waals surface area (Å²) in [5.74, 6) is 0.639. The number of halogens is 1. The highest BCUT2D eigenvalue weighted by Crippen LogP contribution is 2.29. The van der Waals surface area contributed by atoms with Gasteiger partial charge in [0.15, 0.2) is 0 Å². The molecular formula is C31H25FN4O. The predicted octanol–water partition coefficient (Wildman–Crippen LogP) is 8.10. The first-order valence-electron chi connectivity index (χ1n) is 11.8. The highest BCUT2D eigenvalue weighted by atomic mass is 19.1. The number of rotatable bonds is 5. The van der Waals surface area contributed by atoms with Gasteiger partial charge < -0.3 is 15.4 Å². The zero-order valence-electron chi connectivity index (χ0n) is 20.2. The quantitative estimate of drug-likeness (QED) is 0.257. The number of nitrogens with one attached hydrogen (secondary N) is 2. The summed E-state index contributed by atoms with van der Waals surface area (Å²) in [5, 5.41) is 10.9. The molecule has 0 radical (unpaired) electrons. The molecule has 5 nitrogen and oxygen atoms in total. The fraction of sp³-hybridized carbons (Fsp3) is 0.0323. The highest BCUT2D eigenvalue weighted by Gasteiger charge is 2.04. The second-order valence-electron chi connectivity index (χ2n) is 8.29. The Bertz CT molecular complexity index is 1630. The number of ether oxygens (including phenoxy) is 1. The molecule has 0 aliphatic rings. The molecule has 0 aliphatic heterocycles. The molecule has 0 fully saturated rings. The van der Waals surface area contributed by atoms with Gasteiger partial charge in [0.05, 0.1) is 7.11 Å². The van der Waals surface area contributed by atoms with Gasteiger partial charge in [0.2, 0.25) is 0 Å². The van der Waals surface area contributed by atoms with E-state index in [9.17, 15) is 4.39 Å². The Morgan fingerprint density at radius 3 is 1.81 bits per heavy atom. The van der Waals surface area contributed by atoms with Gasteiger partial charge in [-0.15, -0.1) is 0 Å². The van der Waals surface area contributed by atoms with Gasteiger partial charge >= 0.3 is 0 Å². The van der Waals surface area contributed by atoms with Crippen molar-refractivity contribution >= 4 is 44.3 Å². The smallest absolute Gasteiger partial charge is 0.123 e. The molecule has 37 heavy (non-hydrogen) atoms. The molecule has 0 atom stereocenters. The normalized spacial score (nSPS) is 10.4. The summed E-state index contributed by atoms with van der Waals surface area (Å²) >= 11 is 0. The second-order valence-corrected chi connectivity index (χ2v) is 8.29. The number of nitrogens with zero attached hydrogens (tertiary/aromatic N) is 2. The maximum Gasteiger partial charge on any atom is 0.123 e. The fourth-order valence-electron chi connectivity index (χ4n) is 4.03. The summed E-state index contributed by atoms with van der Waals surface area (Å²) in [7, 11) is 1.68. The molecule has 0 saturated heterocycles. The van der Waals surface area contributed by atoms with Crippen molar-refractivity contribution in [2.24, 2.45) is 0 Å². The van der Waals surface area contributed by atoms with E-state index in [-0.39, 0.29) is 5.82 Å². The minimum absolute atomic E-state index is 0.230. The summed E-state index contributed by atoms with van der Waals surface area (Å²) in [4.78, 5) is 7.98. The summed E-state index contributed by atoms with van der Waals surface area (Å²) in [5.41, 5.74) is 3.92. The third-order valence-electron chi connectivity index (χ3n) is 5.85. The molecule has 2 aromatic heterocycles. The standard InChI is InChI=1S/C16H14N2O.C15H11FN2/c1-19-14-5-6-15-12(11-14)3-2-4-16(15)18-13-7-9-17-10-8-13;16-12-5-4-11-2-1-3-15(14(11)10-12)18-13-6-8-17-9-7-13/h2-11H,1H3,(H,17,18);1-10H,(H,17,18). The molecule has 0 aliphatic carbocycles. The Morgan fingerprint density at radius 1 is 0.595 bits per heavy atom. The molecule has 2 heterocycles. The van der Waals surface area contributed by atoms with E-state index in [4.69, 9.17) is 4.74 Å². The summed E-state index contributed by atoms with van der Waals surface area (Å²) in [6.45, 7) is 0. The average molecular weight is 489 g/mol. The average Bonchev–Trinajstić information content (AvgIpc) is 2.95. The number of methoxy groups -OCH3 is 1. The largest absolute Gasteiger partial charge is 0.497 e. The van der Waals surface area contributed by atoms with Crippen molar-refractivity contribution in [3.8, 4) is 5.75 Å². The first kappa shape index (κ1) is 23.8. The Labute approximate surface area is 214 Å². The maximum atomic E-state index is 13.3. The predicted molar refractivity (Wildman–Crippen MR) is 149 cm³/mol. The number of pyridine rings is 2. The molecule has 182 valence electrons. The van der Waals surface area contributed by atoms with E-state index in [1.807, 2.05) is 60.7 Å². The molecule has 0 spiro atoms. The third-order valence-corrected chi connectivity index (χ3v) is 5.85. The van der Waals surface area contributed by atoms with E-state index in [2.05, 4.69) is 38.8 Å². The van der Waals surface area contributed by atoms with Crippen molar-refractivity contribution in [1.82, 2.24) is 9.97 Å². The molecule has 2 N–H and O–H groups in total. The minimum Gasteiger partial charge on any atom is -0.497 e. The number of anilines is 4. The van der Waals surface area contributed by atoms with Crippen molar-refractivity contribution in [3.63, 3.8) is 0 Å². The number of hydrogen-bond acceptors (Lipinski definition) is 5. The zero-order valence-corrected chi connectivity index (χ0v) is 20.2. The second kappa shape index (κ2) is 11.2. The van der Waals surface area contributed by atoms with Crippen LogP contribution in [0.5, 0.6) is 5.75 Å². The van der Waals surface area contributed by atoms with Crippen molar-refractivity contribution in [2.75, 3.05) is 17.7 Å². The van der Waals surface area contributed by atoms with E-state index in [1.165, 1.54) is 11.5 Å². The van der Waals surface area contributed by atoms with Gasteiger partial charge in [0, 0.05) is 58.3 Å². The monoisotopic (exact) mass is 488 g/mol. The van der Waals surface area contributed by atoms with E-state index in [1.54, 1.807) is 44.0 Å². The molecule has 0 amide bonds. The van der Waals surface area contributed by atoms with Crippen LogP contribution in [0.4, 0.5) is 27.1 Å². The van der Waals surface area contributed by atoms with Crippen LogP contribution in [0.3, 0.4) is 0 Å². The minimum atomic E-state index is -0.230. The van der Waals surface area contributed by atoms with Crippen molar-refractivity contribution in [1.29, 1.82) is 0 Å². The first-order valence-corrected chi connectivity index (χ1v) is 11.8. The highest BCUT2D eigenvalue weighted by molar-refractivity contribution is 5.96. The summed E-state index contributed by atoms with van der Waals surface area (Å²) < 4.78 is 18.6. The van der Waals surface area contributed by atoms with Crippen molar-refractivity contribution in [3.05, 3.63) is 128 Å². The number of benzene rings is 4. The van der Waals surface area contributed by atoms with Gasteiger partial charge in [-0.1, -0.05) is 30.3 Å². The number of hydrogen-bond donors (Lipinski definition) is 2. The molecule has 0 unspecified atom stereocenters. The topological polar surface area (TPSA) is 59.1 Å². The molecular weight excluding hydrogens is 463 g/mol. The lowest BCUT2D eigenvalue weighted by Crippen LogP contribution is -1.91. The lowest BCUT2D eigenvalue weighted by molar-refractivity contribution is 0.415. The van der Waals surface area contributed by atoms with Crippen LogP contribution in [0.2, 0.25) is 0 Å². The van der Waals surface area contributed by atoms with Crippen LogP contribution in [-0.4, -0.2) is 17.1 Å². The van der Waals surface area contributed by atoms with Crippen molar-refractivity contribution in [2.45, 2.75) is 0 Å². The van der Waals surface area contributed by atoms with Crippen LogP contribution in [0.25, 0.3) is 21.5 Å². The van der Waals surface area contributed by atoms with Gasteiger partial charge in [-0.25, -0.2) is 4.39 Å². The van der Waals surface area contributed by atoms with Crippen LogP contribution < -0.4 is 15.4 Å². The van der Waals surface area contributed by atoms with Crippen LogP contribution in [-0.2, 0) is 0 Å². The van der Waals surface area contributed by atoms with Crippen LogP contribution in [0.1, 0.15) is 0 Å². The zero-order chi connectivity index (χ0) is 25.5. The van der Waals surface area contributed by atoms with Crippen LogP contribution in [0.15, 0.2) is 122 Å². The van der Waals surface area contributed by atoms with Gasteiger partial charge in [0.25, 0.3) is 0 Å². The van der Waals surface area contributed by atoms with E-state index in [0.717, 1.165) is 44.7 Å². The number of aromatic nitrogens is 2. The molecule has 6 rings (SSSR count). The van der Waals surface area contributed by atoms with Gasteiger partial charge in [-0.2, -0.15) is 0 Å². The Kier molecular flexibility index (Phi) is 7.18. The fourth-order valence-corrected chi connectivity index (χ4v) is 4.03. The first-order chi connectivity index (χ1) is 18.2. The van der Waals surface area contributed by atoms with Gasteiger partial charge in [0.1, 0.15) is 11.6 Å². The molecule has 4 aromatic carbocycles. The Morgan fingerprint density at radius 2 is 1.19 bits per heavy atom. The van der Waals surface area contributed by atoms with Gasteiger partial charge in [-0.05, 0) is 77.5 Å². The lowest BCUT2D eigenvalue weighted by Gasteiger charge is -2.10. The number of fused-ring (bicyclic) bond motifs is 2. The van der Waals surface area contributed by atoms with Gasteiger partial charge in [-0.3, -0.25) is 9.97 Å². The van der Waals surface area contributed by atoms with Crippen LogP contribution >= 0.6 is 0 Å².